The van der Waals surface area contributed by atoms with Crippen LogP contribution in [0.4, 0.5) is 0 Å². The number of nitrogens with two attached hydrogens (primary N) is 1. The zero-order valence-electron chi connectivity index (χ0n) is 9.19. The van der Waals surface area contributed by atoms with E-state index in [1.54, 1.807) is 10.9 Å². The van der Waals surface area contributed by atoms with Crippen molar-refractivity contribution in [3.63, 3.8) is 0 Å². The SMILES string of the molecule is Cn1nccc1C(NN)c1cc(Cl)ccc1Br. The quantitative estimate of drug-likeness (QED) is 0.675. The molecule has 6 heteroatoms. The summed E-state index contributed by atoms with van der Waals surface area (Å²) in [7, 11) is 1.87. The lowest BCUT2D eigenvalue weighted by molar-refractivity contribution is 0.573. The first-order chi connectivity index (χ1) is 8.13. The van der Waals surface area contributed by atoms with Crippen molar-refractivity contribution in [3.8, 4) is 0 Å². The van der Waals surface area contributed by atoms with E-state index in [9.17, 15) is 0 Å². The Kier molecular flexibility index (Phi) is 3.83. The van der Waals surface area contributed by atoms with Crippen molar-refractivity contribution < 1.29 is 0 Å². The summed E-state index contributed by atoms with van der Waals surface area (Å²) in [4.78, 5) is 0. The molecule has 0 fully saturated rings. The number of benzene rings is 1. The maximum absolute atomic E-state index is 6.01. The van der Waals surface area contributed by atoms with Crippen LogP contribution in [0, 0.1) is 0 Å². The van der Waals surface area contributed by atoms with Crippen molar-refractivity contribution in [3.05, 3.63) is 51.2 Å². The summed E-state index contributed by atoms with van der Waals surface area (Å²) in [6.45, 7) is 0. The molecule has 0 aliphatic heterocycles. The molecule has 0 amide bonds. The van der Waals surface area contributed by atoms with Gasteiger partial charge in [0, 0.05) is 22.7 Å². The Balaban J connectivity index is 2.49. The number of hydrazine groups is 1. The summed E-state index contributed by atoms with van der Waals surface area (Å²) in [5.41, 5.74) is 4.72. The van der Waals surface area contributed by atoms with E-state index in [1.807, 2.05) is 31.3 Å². The molecule has 0 saturated heterocycles. The lowest BCUT2D eigenvalue weighted by atomic mass is 10.0. The molecule has 17 heavy (non-hydrogen) atoms. The molecule has 3 N–H and O–H groups in total. The van der Waals surface area contributed by atoms with Gasteiger partial charge in [-0.1, -0.05) is 27.5 Å². The Morgan fingerprint density at radius 1 is 1.47 bits per heavy atom. The van der Waals surface area contributed by atoms with Crippen molar-refractivity contribution in [1.82, 2.24) is 15.2 Å². The highest BCUT2D eigenvalue weighted by atomic mass is 79.9. The number of hydrogen-bond donors (Lipinski definition) is 2. The molecule has 0 bridgehead atoms. The summed E-state index contributed by atoms with van der Waals surface area (Å²) in [5.74, 6) is 5.63. The number of halogens is 2. The minimum Gasteiger partial charge on any atom is -0.271 e. The van der Waals surface area contributed by atoms with Crippen LogP contribution in [0.15, 0.2) is 34.9 Å². The first-order valence-corrected chi connectivity index (χ1v) is 6.19. The average molecular weight is 316 g/mol. The normalized spacial score (nSPS) is 12.7. The van der Waals surface area contributed by atoms with E-state index in [0.717, 1.165) is 15.7 Å². The van der Waals surface area contributed by atoms with Crippen LogP contribution in [0.5, 0.6) is 0 Å². The molecule has 90 valence electrons. The molecule has 1 atom stereocenters. The predicted octanol–water partition coefficient (Wildman–Crippen LogP) is 2.39. The van der Waals surface area contributed by atoms with Crippen molar-refractivity contribution >= 4 is 27.5 Å². The van der Waals surface area contributed by atoms with Gasteiger partial charge in [-0.3, -0.25) is 10.5 Å². The van der Waals surface area contributed by atoms with E-state index < -0.39 is 0 Å². The van der Waals surface area contributed by atoms with Crippen LogP contribution in [0.2, 0.25) is 5.02 Å². The minimum absolute atomic E-state index is 0.157. The van der Waals surface area contributed by atoms with E-state index in [1.165, 1.54) is 0 Å². The van der Waals surface area contributed by atoms with Gasteiger partial charge in [0.1, 0.15) is 0 Å². The molecule has 1 unspecified atom stereocenters. The highest BCUT2D eigenvalue weighted by Crippen LogP contribution is 2.30. The maximum Gasteiger partial charge on any atom is 0.0889 e. The Labute approximate surface area is 113 Å². The first kappa shape index (κ1) is 12.6. The molecule has 1 aromatic carbocycles. The van der Waals surface area contributed by atoms with Gasteiger partial charge in [-0.15, -0.1) is 0 Å². The highest BCUT2D eigenvalue weighted by molar-refractivity contribution is 9.10. The number of aryl methyl sites for hydroxylation is 1. The molecule has 0 aliphatic rings. The van der Waals surface area contributed by atoms with E-state index in [4.69, 9.17) is 17.4 Å². The van der Waals surface area contributed by atoms with Gasteiger partial charge in [0.15, 0.2) is 0 Å². The van der Waals surface area contributed by atoms with Gasteiger partial charge in [-0.05, 0) is 29.8 Å². The van der Waals surface area contributed by atoms with Gasteiger partial charge in [0.2, 0.25) is 0 Å². The lowest BCUT2D eigenvalue weighted by Crippen LogP contribution is -2.30. The molecular formula is C11H12BrClN4. The zero-order chi connectivity index (χ0) is 12.4. The number of aromatic nitrogens is 2. The lowest BCUT2D eigenvalue weighted by Gasteiger charge is -2.18. The number of hydrogen-bond acceptors (Lipinski definition) is 3. The molecule has 0 radical (unpaired) electrons. The predicted molar refractivity (Wildman–Crippen MR) is 71.5 cm³/mol. The highest BCUT2D eigenvalue weighted by Gasteiger charge is 2.18. The fraction of sp³-hybridized carbons (Fsp3) is 0.182. The Morgan fingerprint density at radius 2 is 2.24 bits per heavy atom. The summed E-state index contributed by atoms with van der Waals surface area (Å²) < 4.78 is 2.73. The Bertz CT molecular complexity index is 526. The molecular weight excluding hydrogens is 304 g/mol. The summed E-state index contributed by atoms with van der Waals surface area (Å²) in [6.07, 6.45) is 1.73. The van der Waals surface area contributed by atoms with Crippen LogP contribution >= 0.6 is 27.5 Å². The smallest absolute Gasteiger partial charge is 0.0889 e. The van der Waals surface area contributed by atoms with Crippen LogP contribution in [0.25, 0.3) is 0 Å². The largest absolute Gasteiger partial charge is 0.271 e. The first-order valence-electron chi connectivity index (χ1n) is 5.02. The van der Waals surface area contributed by atoms with E-state index in [0.29, 0.717) is 5.02 Å². The Hall–Kier alpha value is -0.880. The van der Waals surface area contributed by atoms with Gasteiger partial charge in [-0.25, -0.2) is 5.43 Å². The van der Waals surface area contributed by atoms with E-state index >= 15 is 0 Å². The van der Waals surface area contributed by atoms with Gasteiger partial charge >= 0.3 is 0 Å². The molecule has 1 heterocycles. The number of rotatable bonds is 3. The summed E-state index contributed by atoms with van der Waals surface area (Å²) in [6, 6.07) is 7.36. The molecule has 0 aliphatic carbocycles. The van der Waals surface area contributed by atoms with Gasteiger partial charge < -0.3 is 0 Å². The second kappa shape index (κ2) is 5.18. The third-order valence-corrected chi connectivity index (χ3v) is 3.55. The number of nitrogens with one attached hydrogen (secondary N) is 1. The molecule has 2 rings (SSSR count). The van der Waals surface area contributed by atoms with Crippen molar-refractivity contribution in [2.45, 2.75) is 6.04 Å². The summed E-state index contributed by atoms with van der Waals surface area (Å²) >= 11 is 9.51. The third-order valence-electron chi connectivity index (χ3n) is 2.59. The monoisotopic (exact) mass is 314 g/mol. The minimum atomic E-state index is -0.157. The maximum atomic E-state index is 6.01. The average Bonchev–Trinajstić information content (AvgIpc) is 2.71. The molecule has 4 nitrogen and oxygen atoms in total. The van der Waals surface area contributed by atoms with Gasteiger partial charge in [0.05, 0.1) is 11.7 Å². The molecule has 1 aromatic heterocycles. The van der Waals surface area contributed by atoms with Crippen molar-refractivity contribution in [2.24, 2.45) is 12.9 Å². The van der Waals surface area contributed by atoms with Gasteiger partial charge in [-0.2, -0.15) is 5.10 Å². The fourth-order valence-corrected chi connectivity index (χ4v) is 2.39. The van der Waals surface area contributed by atoms with E-state index in [2.05, 4.69) is 26.5 Å². The number of nitrogens with zero attached hydrogens (tertiary/aromatic N) is 2. The van der Waals surface area contributed by atoms with Crippen LogP contribution in [-0.4, -0.2) is 9.78 Å². The van der Waals surface area contributed by atoms with Crippen LogP contribution < -0.4 is 11.3 Å². The summed E-state index contributed by atoms with van der Waals surface area (Å²) in [5, 5.41) is 4.81. The molecule has 0 spiro atoms. The van der Waals surface area contributed by atoms with Crippen molar-refractivity contribution in [1.29, 1.82) is 0 Å². The third kappa shape index (κ3) is 2.52. The molecule has 0 saturated carbocycles. The topological polar surface area (TPSA) is 55.9 Å². The standard InChI is InChI=1S/C11H12BrClN4/c1-17-10(4-5-15-17)11(16-14)8-6-7(13)2-3-9(8)12/h2-6,11,16H,14H2,1H3. The van der Waals surface area contributed by atoms with Crippen LogP contribution in [0.1, 0.15) is 17.3 Å². The zero-order valence-corrected chi connectivity index (χ0v) is 11.5. The fourth-order valence-electron chi connectivity index (χ4n) is 1.74. The second-order valence-electron chi connectivity index (χ2n) is 3.65. The van der Waals surface area contributed by atoms with Crippen molar-refractivity contribution in [2.75, 3.05) is 0 Å². The molecule has 2 aromatic rings. The van der Waals surface area contributed by atoms with Crippen LogP contribution in [0.3, 0.4) is 0 Å². The second-order valence-corrected chi connectivity index (χ2v) is 4.94. The van der Waals surface area contributed by atoms with E-state index in [-0.39, 0.29) is 6.04 Å². The van der Waals surface area contributed by atoms with Gasteiger partial charge in [0.25, 0.3) is 0 Å². The Morgan fingerprint density at radius 3 is 2.82 bits per heavy atom. The van der Waals surface area contributed by atoms with Crippen LogP contribution in [-0.2, 0) is 7.05 Å².